The predicted molar refractivity (Wildman–Crippen MR) is 114 cm³/mol. The highest BCUT2D eigenvalue weighted by Gasteiger charge is 2.24. The van der Waals surface area contributed by atoms with Crippen LogP contribution in [0.3, 0.4) is 0 Å². The van der Waals surface area contributed by atoms with E-state index < -0.39 is 4.92 Å². The molecule has 0 bridgehead atoms. The summed E-state index contributed by atoms with van der Waals surface area (Å²) in [6.45, 7) is 9.67. The fraction of sp³-hybridized carbons (Fsp3) is 0.474. The first-order valence-corrected chi connectivity index (χ1v) is 9.09. The molecule has 0 amide bonds. The van der Waals surface area contributed by atoms with E-state index in [0.29, 0.717) is 12.2 Å². The third-order valence-corrected chi connectivity index (χ3v) is 5.41. The lowest BCUT2D eigenvalue weighted by Gasteiger charge is -2.37. The zero-order chi connectivity index (χ0) is 20.2. The van der Waals surface area contributed by atoms with Crippen molar-refractivity contribution in [3.63, 3.8) is 0 Å². The van der Waals surface area contributed by atoms with Crippen molar-refractivity contribution >= 4 is 22.7 Å². The van der Waals surface area contributed by atoms with E-state index in [0.717, 1.165) is 40.8 Å². The monoisotopic (exact) mass is 455 g/mol. The summed E-state index contributed by atoms with van der Waals surface area (Å²) in [6, 6.07) is 8.11. The van der Waals surface area contributed by atoms with Crippen LogP contribution in [-0.2, 0) is 20.1 Å². The first-order chi connectivity index (χ1) is 12.7. The molecule has 0 aliphatic heterocycles. The average Bonchev–Trinajstić information content (AvgIpc) is 2.65. The molecule has 9 heteroatoms. The molecule has 28 heavy (non-hydrogen) atoms. The van der Waals surface area contributed by atoms with Gasteiger partial charge in [-0.2, -0.15) is 0 Å². The van der Waals surface area contributed by atoms with E-state index >= 15 is 0 Å². The van der Waals surface area contributed by atoms with Crippen molar-refractivity contribution < 1.29 is 9.41 Å². The van der Waals surface area contributed by atoms with Crippen LogP contribution in [0.25, 0.3) is 0 Å². The van der Waals surface area contributed by atoms with Crippen LogP contribution in [0, 0.1) is 17.0 Å². The Morgan fingerprint density at radius 2 is 1.68 bits per heavy atom. The fourth-order valence-corrected chi connectivity index (χ4v) is 3.32. The first kappa shape index (κ1) is 23.8. The van der Waals surface area contributed by atoms with Gasteiger partial charge in [0.15, 0.2) is 0 Å². The zero-order valence-electron chi connectivity index (χ0n) is 16.8. The number of rotatable bonds is 8. The highest BCUT2D eigenvalue weighted by atomic mass is 79.9. The maximum Gasteiger partial charge on any atom is 0.331 e. The van der Waals surface area contributed by atoms with Crippen molar-refractivity contribution in [1.29, 1.82) is 0 Å². The number of hydrogen-bond acceptors (Lipinski definition) is 4. The third-order valence-electron chi connectivity index (χ3n) is 5.41. The van der Waals surface area contributed by atoms with Gasteiger partial charge in [-0.15, -0.1) is 17.0 Å². The standard InChI is InChI=1S/C19H27N4O4.BrH/c1-5-23(6-2,14-16-7-9-17(10-8-16)22(26)27)12-11-21-15(3)13-18(24)20(4)19(21)25;/h7-10,13H,5-6,11-12,14H2,1-4H3;1H/q+1;. The molecule has 0 saturated heterocycles. The molecule has 0 aliphatic rings. The van der Waals surface area contributed by atoms with Crippen molar-refractivity contribution in [1.82, 2.24) is 9.13 Å². The molecule has 8 nitrogen and oxygen atoms in total. The molecular formula is C19H28BrN4O4+. The van der Waals surface area contributed by atoms with Gasteiger partial charge in [0.1, 0.15) is 6.54 Å². The van der Waals surface area contributed by atoms with Gasteiger partial charge in [-0.25, -0.2) is 4.79 Å². The highest BCUT2D eigenvalue weighted by Crippen LogP contribution is 2.18. The maximum absolute atomic E-state index is 12.4. The Morgan fingerprint density at radius 3 is 2.18 bits per heavy atom. The maximum atomic E-state index is 12.4. The molecule has 0 fully saturated rings. The van der Waals surface area contributed by atoms with Gasteiger partial charge in [-0.1, -0.05) is 0 Å². The van der Waals surface area contributed by atoms with Gasteiger partial charge in [0.2, 0.25) is 0 Å². The second-order valence-corrected chi connectivity index (χ2v) is 6.90. The largest absolute Gasteiger partial charge is 0.331 e. The van der Waals surface area contributed by atoms with Gasteiger partial charge in [-0.3, -0.25) is 24.0 Å². The molecule has 0 saturated carbocycles. The summed E-state index contributed by atoms with van der Waals surface area (Å²) in [5.41, 5.74) is 1.15. The molecule has 0 radical (unpaired) electrons. The smallest absolute Gasteiger partial charge is 0.319 e. The number of quaternary nitrogens is 1. The SMILES string of the molecule is Br.CC[N+](CC)(CCn1c(C)cc(=O)n(C)c1=O)Cc1ccc([N+](=O)[O-])cc1. The first-order valence-electron chi connectivity index (χ1n) is 9.09. The van der Waals surface area contributed by atoms with E-state index in [-0.39, 0.29) is 33.9 Å². The molecule has 2 rings (SSSR count). The molecular weight excluding hydrogens is 428 g/mol. The normalized spacial score (nSPS) is 11.1. The summed E-state index contributed by atoms with van der Waals surface area (Å²) in [7, 11) is 1.49. The molecule has 1 aromatic heterocycles. The van der Waals surface area contributed by atoms with Gasteiger partial charge < -0.3 is 4.48 Å². The van der Waals surface area contributed by atoms with E-state index in [1.165, 1.54) is 25.2 Å². The number of likely N-dealkylation sites (N-methyl/N-ethyl adjacent to an activating group) is 1. The lowest BCUT2D eigenvalue weighted by atomic mass is 10.1. The Bertz CT molecular complexity index is 930. The molecule has 1 heterocycles. The van der Waals surface area contributed by atoms with Crippen LogP contribution in [0.1, 0.15) is 25.1 Å². The van der Waals surface area contributed by atoms with Crippen LogP contribution < -0.4 is 11.2 Å². The van der Waals surface area contributed by atoms with Gasteiger partial charge in [0.05, 0.1) is 31.1 Å². The molecule has 0 unspecified atom stereocenters. The number of nitro benzene ring substituents is 1. The summed E-state index contributed by atoms with van der Waals surface area (Å²) < 4.78 is 3.50. The van der Waals surface area contributed by atoms with Crippen molar-refractivity contribution in [2.75, 3.05) is 19.6 Å². The second kappa shape index (κ2) is 9.79. The van der Waals surface area contributed by atoms with Crippen molar-refractivity contribution in [3.05, 3.63) is 72.5 Å². The lowest BCUT2D eigenvalue weighted by Crippen LogP contribution is -2.50. The number of aryl methyl sites for hydroxylation is 1. The van der Waals surface area contributed by atoms with Crippen LogP contribution in [0.15, 0.2) is 39.9 Å². The van der Waals surface area contributed by atoms with Crippen molar-refractivity contribution in [2.24, 2.45) is 7.05 Å². The summed E-state index contributed by atoms with van der Waals surface area (Å²) in [6.07, 6.45) is 0. The average molecular weight is 456 g/mol. The minimum absolute atomic E-state index is 0. The van der Waals surface area contributed by atoms with E-state index in [1.54, 1.807) is 23.6 Å². The lowest BCUT2D eigenvalue weighted by molar-refractivity contribution is -0.938. The number of halogens is 1. The van der Waals surface area contributed by atoms with E-state index in [1.807, 2.05) is 0 Å². The summed E-state index contributed by atoms with van der Waals surface area (Å²) in [5, 5.41) is 10.8. The number of nitro groups is 1. The Labute approximate surface area is 174 Å². The highest BCUT2D eigenvalue weighted by molar-refractivity contribution is 8.93. The number of hydrogen-bond donors (Lipinski definition) is 0. The summed E-state index contributed by atoms with van der Waals surface area (Å²) in [4.78, 5) is 34.6. The third kappa shape index (κ3) is 5.17. The number of aromatic nitrogens is 2. The minimum atomic E-state index is -0.402. The number of nitrogens with zero attached hydrogens (tertiary/aromatic N) is 4. The molecule has 0 N–H and O–H groups in total. The van der Waals surface area contributed by atoms with Crippen LogP contribution in [-0.4, -0.2) is 38.2 Å². The molecule has 0 atom stereocenters. The molecule has 1 aromatic carbocycles. The summed E-state index contributed by atoms with van der Waals surface area (Å²) in [5.74, 6) is 0. The molecule has 0 aliphatic carbocycles. The molecule has 0 spiro atoms. The zero-order valence-corrected chi connectivity index (χ0v) is 18.5. The Balaban J connectivity index is 0.00000392. The van der Waals surface area contributed by atoms with E-state index in [2.05, 4.69) is 13.8 Å². The Hall–Kier alpha value is -2.26. The topological polar surface area (TPSA) is 87.1 Å². The van der Waals surface area contributed by atoms with Crippen LogP contribution in [0.4, 0.5) is 5.69 Å². The van der Waals surface area contributed by atoms with Crippen LogP contribution >= 0.6 is 17.0 Å². The predicted octanol–water partition coefficient (Wildman–Crippen LogP) is 2.40. The summed E-state index contributed by atoms with van der Waals surface area (Å²) >= 11 is 0. The minimum Gasteiger partial charge on any atom is -0.319 e. The Morgan fingerprint density at radius 1 is 1.11 bits per heavy atom. The quantitative estimate of drug-likeness (QED) is 0.347. The molecule has 154 valence electrons. The number of non-ortho nitro benzene ring substituents is 1. The van der Waals surface area contributed by atoms with Gasteiger partial charge in [0.25, 0.3) is 11.2 Å². The second-order valence-electron chi connectivity index (χ2n) is 6.90. The fourth-order valence-electron chi connectivity index (χ4n) is 3.32. The van der Waals surface area contributed by atoms with Gasteiger partial charge in [-0.05, 0) is 32.9 Å². The van der Waals surface area contributed by atoms with Gasteiger partial charge >= 0.3 is 5.69 Å². The number of benzene rings is 1. The van der Waals surface area contributed by atoms with Crippen molar-refractivity contribution in [2.45, 2.75) is 33.9 Å². The van der Waals surface area contributed by atoms with Gasteiger partial charge in [0, 0.05) is 36.5 Å². The van der Waals surface area contributed by atoms with E-state index in [9.17, 15) is 19.7 Å². The van der Waals surface area contributed by atoms with E-state index in [4.69, 9.17) is 0 Å². The van der Waals surface area contributed by atoms with Crippen molar-refractivity contribution in [3.8, 4) is 0 Å². The van der Waals surface area contributed by atoms with Crippen LogP contribution in [0.5, 0.6) is 0 Å². The Kier molecular flexibility index (Phi) is 8.31. The van der Waals surface area contributed by atoms with Crippen LogP contribution in [0.2, 0.25) is 0 Å². The molecule has 2 aromatic rings.